The molecule has 0 bridgehead atoms. The molecule has 2 N–H and O–H groups in total. The number of hydrogen-bond donors (Lipinski definition) is 2. The maximum Gasteiger partial charge on any atom is 0.323 e. The van der Waals surface area contributed by atoms with Crippen molar-refractivity contribution in [2.24, 2.45) is 0 Å². The smallest absolute Gasteiger partial charge is 0.323 e. The number of hydrogen-bond acceptors (Lipinski definition) is 5. The van der Waals surface area contributed by atoms with Gasteiger partial charge in [0.2, 0.25) is 0 Å². The summed E-state index contributed by atoms with van der Waals surface area (Å²) in [5.74, 6) is 0.0582. The van der Waals surface area contributed by atoms with Gasteiger partial charge < -0.3 is 15.2 Å². The van der Waals surface area contributed by atoms with Gasteiger partial charge >= 0.3 is 6.03 Å². The average Bonchev–Trinajstić information content (AvgIpc) is 3.08. The molecule has 2 saturated carbocycles. The van der Waals surface area contributed by atoms with Gasteiger partial charge in [-0.15, -0.1) is 0 Å². The van der Waals surface area contributed by atoms with Crippen molar-refractivity contribution in [3.63, 3.8) is 0 Å². The Bertz CT molecular complexity index is 1150. The number of halogens is 2. The number of rotatable bonds is 5. The minimum absolute atomic E-state index is 0.0313. The molecule has 2 amide bonds. The molecule has 3 fully saturated rings. The molecule has 0 atom stereocenters. The summed E-state index contributed by atoms with van der Waals surface area (Å²) < 4.78 is 34.0. The van der Waals surface area contributed by atoms with Crippen LogP contribution in [0.2, 0.25) is 0 Å². The molecule has 5 rings (SSSR count). The van der Waals surface area contributed by atoms with E-state index in [9.17, 15) is 18.7 Å². The molecule has 194 valence electrons. The molecule has 2 aliphatic carbocycles. The monoisotopic (exact) mass is 500 g/mol. The predicted octanol–water partition coefficient (Wildman–Crippen LogP) is 4.26. The molecule has 1 saturated heterocycles. The molecule has 1 spiro atoms. The number of ether oxygens (including phenoxy) is 1. The second kappa shape index (κ2) is 8.66. The van der Waals surface area contributed by atoms with Gasteiger partial charge in [0.25, 0.3) is 0 Å². The van der Waals surface area contributed by atoms with E-state index in [1.54, 1.807) is 18.0 Å². The Morgan fingerprint density at radius 3 is 2.31 bits per heavy atom. The van der Waals surface area contributed by atoms with Crippen molar-refractivity contribution in [3.8, 4) is 5.75 Å². The molecule has 9 heteroatoms. The fourth-order valence-electron chi connectivity index (χ4n) is 6.21. The van der Waals surface area contributed by atoms with Gasteiger partial charge in [-0.1, -0.05) is 0 Å². The lowest BCUT2D eigenvalue weighted by Gasteiger charge is -2.48. The second-order valence-corrected chi connectivity index (χ2v) is 11.3. The van der Waals surface area contributed by atoms with Crippen molar-refractivity contribution in [1.82, 2.24) is 15.2 Å². The van der Waals surface area contributed by atoms with Gasteiger partial charge in [0.1, 0.15) is 29.3 Å². The SMILES string of the molecule is Cc1cc(OC2CC(C)(O)C2)cnc1N1CC2(CCC(c3cc(F)cc(F)c3)(N(C)C)CC2)NC1=O. The minimum Gasteiger partial charge on any atom is -0.489 e. The van der Waals surface area contributed by atoms with Crippen LogP contribution < -0.4 is 15.0 Å². The van der Waals surface area contributed by atoms with Crippen LogP contribution in [0.25, 0.3) is 0 Å². The fraction of sp³-hybridized carbons (Fsp3) is 0.556. The molecule has 7 nitrogen and oxygen atoms in total. The van der Waals surface area contributed by atoms with Crippen molar-refractivity contribution >= 4 is 11.8 Å². The summed E-state index contributed by atoms with van der Waals surface area (Å²) in [7, 11) is 3.86. The van der Waals surface area contributed by atoms with E-state index >= 15 is 0 Å². The third kappa shape index (κ3) is 4.43. The molecule has 3 aliphatic rings. The number of aryl methyl sites for hydroxylation is 1. The number of aromatic nitrogens is 1. The Labute approximate surface area is 210 Å². The first-order valence-corrected chi connectivity index (χ1v) is 12.5. The Hall–Kier alpha value is -2.78. The first kappa shape index (κ1) is 24.9. The lowest BCUT2D eigenvalue weighted by molar-refractivity contribution is -0.0891. The highest BCUT2D eigenvalue weighted by Gasteiger charge is 2.51. The molecular weight excluding hydrogens is 466 g/mol. The Balaban J connectivity index is 1.30. The summed E-state index contributed by atoms with van der Waals surface area (Å²) in [5, 5.41) is 13.1. The number of nitrogens with zero attached hydrogens (tertiary/aromatic N) is 3. The zero-order valence-electron chi connectivity index (χ0n) is 21.3. The van der Waals surface area contributed by atoms with E-state index < -0.39 is 28.3 Å². The summed E-state index contributed by atoms with van der Waals surface area (Å²) in [5.41, 5.74) is -0.140. The zero-order valence-corrected chi connectivity index (χ0v) is 21.3. The van der Waals surface area contributed by atoms with E-state index in [1.165, 1.54) is 12.1 Å². The van der Waals surface area contributed by atoms with Gasteiger partial charge in [0.15, 0.2) is 0 Å². The van der Waals surface area contributed by atoms with Crippen molar-refractivity contribution in [2.45, 2.75) is 75.2 Å². The number of urea groups is 1. The van der Waals surface area contributed by atoms with Crippen LogP contribution in [0.5, 0.6) is 5.75 Å². The first-order chi connectivity index (χ1) is 16.9. The van der Waals surface area contributed by atoms with Gasteiger partial charge in [0, 0.05) is 24.4 Å². The average molecular weight is 501 g/mol. The zero-order chi connectivity index (χ0) is 25.9. The topological polar surface area (TPSA) is 77.9 Å². The number of carbonyl (C=O) groups excluding carboxylic acids is 1. The molecule has 2 aromatic rings. The van der Waals surface area contributed by atoms with E-state index in [4.69, 9.17) is 4.74 Å². The van der Waals surface area contributed by atoms with Gasteiger partial charge in [-0.3, -0.25) is 9.80 Å². The van der Waals surface area contributed by atoms with E-state index in [2.05, 4.69) is 10.3 Å². The number of anilines is 1. The van der Waals surface area contributed by atoms with Crippen LogP contribution in [0.1, 0.15) is 56.6 Å². The largest absolute Gasteiger partial charge is 0.489 e. The summed E-state index contributed by atoms with van der Waals surface area (Å²) in [4.78, 5) is 21.3. The Morgan fingerprint density at radius 2 is 1.75 bits per heavy atom. The molecule has 0 radical (unpaired) electrons. The number of benzene rings is 1. The third-order valence-electron chi connectivity index (χ3n) is 8.29. The maximum absolute atomic E-state index is 14.0. The van der Waals surface area contributed by atoms with Crippen molar-refractivity contribution in [2.75, 3.05) is 25.5 Å². The maximum atomic E-state index is 14.0. The van der Waals surface area contributed by atoms with E-state index in [1.807, 2.05) is 32.0 Å². The number of pyridine rings is 1. The quantitative estimate of drug-likeness (QED) is 0.642. The molecule has 1 aromatic heterocycles. The standard InChI is InChI=1S/C27H34F2N4O3/c1-17-9-21(36-22-13-25(2,35)14-22)15-30-23(17)33-16-26(31-24(33)34)5-7-27(8-6-26,32(3)4)18-10-19(28)12-20(29)11-18/h9-12,15,22,35H,5-8,13-14,16H2,1-4H3,(H,31,34). The highest BCUT2D eigenvalue weighted by Crippen LogP contribution is 2.47. The second-order valence-electron chi connectivity index (χ2n) is 11.3. The van der Waals surface area contributed by atoms with Crippen molar-refractivity contribution in [1.29, 1.82) is 0 Å². The molecule has 1 aliphatic heterocycles. The van der Waals surface area contributed by atoms with E-state index in [0.29, 0.717) is 62.2 Å². The van der Waals surface area contributed by atoms with Crippen LogP contribution in [0, 0.1) is 18.6 Å². The van der Waals surface area contributed by atoms with Crippen LogP contribution in [0.4, 0.5) is 19.4 Å². The third-order valence-corrected chi connectivity index (χ3v) is 8.29. The van der Waals surface area contributed by atoms with Crippen LogP contribution >= 0.6 is 0 Å². The Kier molecular flexibility index (Phi) is 5.99. The molecule has 36 heavy (non-hydrogen) atoms. The summed E-state index contributed by atoms with van der Waals surface area (Å²) >= 11 is 0. The van der Waals surface area contributed by atoms with Crippen LogP contribution in [0.15, 0.2) is 30.5 Å². The van der Waals surface area contributed by atoms with Crippen molar-refractivity contribution in [3.05, 3.63) is 53.2 Å². The molecule has 1 aromatic carbocycles. The molecule has 2 heterocycles. The summed E-state index contributed by atoms with van der Waals surface area (Å²) in [6.07, 6.45) is 5.42. The normalized spacial score (nSPS) is 32.1. The molecule has 0 unspecified atom stereocenters. The first-order valence-electron chi connectivity index (χ1n) is 12.5. The van der Waals surface area contributed by atoms with Crippen LogP contribution in [-0.2, 0) is 5.54 Å². The summed E-state index contributed by atoms with van der Waals surface area (Å²) in [6.45, 7) is 4.18. The van der Waals surface area contributed by atoms with Gasteiger partial charge in [-0.25, -0.2) is 18.6 Å². The van der Waals surface area contributed by atoms with E-state index in [0.717, 1.165) is 11.6 Å². The number of amides is 2. The Morgan fingerprint density at radius 1 is 1.11 bits per heavy atom. The number of aliphatic hydroxyl groups is 1. The van der Waals surface area contributed by atoms with Gasteiger partial charge in [-0.2, -0.15) is 0 Å². The molecular formula is C27H34F2N4O3. The minimum atomic E-state index is -0.665. The number of nitrogens with one attached hydrogen (secondary N) is 1. The van der Waals surface area contributed by atoms with Crippen LogP contribution in [-0.4, -0.2) is 58.9 Å². The number of carbonyl (C=O) groups is 1. The predicted molar refractivity (Wildman–Crippen MR) is 132 cm³/mol. The fourth-order valence-corrected chi connectivity index (χ4v) is 6.21. The van der Waals surface area contributed by atoms with Crippen LogP contribution in [0.3, 0.4) is 0 Å². The van der Waals surface area contributed by atoms with Gasteiger partial charge in [-0.05, 0) is 83.0 Å². The van der Waals surface area contributed by atoms with E-state index in [-0.39, 0.29) is 12.1 Å². The highest BCUT2D eigenvalue weighted by atomic mass is 19.1. The highest BCUT2D eigenvalue weighted by molar-refractivity contribution is 5.95. The lowest BCUT2D eigenvalue weighted by atomic mass is 9.69. The summed E-state index contributed by atoms with van der Waals surface area (Å²) in [6, 6.07) is 5.42. The van der Waals surface area contributed by atoms with Crippen molar-refractivity contribution < 1.29 is 23.4 Å². The van der Waals surface area contributed by atoms with Gasteiger partial charge in [0.05, 0.1) is 23.9 Å². The lowest BCUT2D eigenvalue weighted by Crippen LogP contribution is -2.54.